The second kappa shape index (κ2) is 5.82. The second-order valence-corrected chi connectivity index (χ2v) is 5.15. The zero-order chi connectivity index (χ0) is 14.7. The van der Waals surface area contributed by atoms with Crippen molar-refractivity contribution in [2.75, 3.05) is 0 Å². The Morgan fingerprint density at radius 3 is 2.52 bits per heavy atom. The Morgan fingerprint density at radius 2 is 1.76 bits per heavy atom. The molecule has 2 aromatic carbocycles. The van der Waals surface area contributed by atoms with Gasteiger partial charge in [-0.15, -0.1) is 0 Å². The van der Waals surface area contributed by atoms with Gasteiger partial charge in [0.15, 0.2) is 0 Å². The van der Waals surface area contributed by atoms with E-state index in [1.54, 1.807) is 0 Å². The van der Waals surface area contributed by atoms with Gasteiger partial charge >= 0.3 is 0 Å². The van der Waals surface area contributed by atoms with E-state index in [9.17, 15) is 5.26 Å². The number of H-pyrrole nitrogens is 1. The Morgan fingerprint density at radius 1 is 1.05 bits per heavy atom. The molecule has 1 heterocycles. The molecule has 104 valence electrons. The Balaban J connectivity index is 1.88. The van der Waals surface area contributed by atoms with Gasteiger partial charge in [0, 0.05) is 28.7 Å². The number of hydrogen-bond donors (Lipinski definition) is 2. The Hall–Kier alpha value is -2.57. The van der Waals surface area contributed by atoms with E-state index in [-0.39, 0.29) is 12.1 Å². The summed E-state index contributed by atoms with van der Waals surface area (Å²) in [6.45, 7) is 2.08. The fourth-order valence-electron chi connectivity index (χ4n) is 2.62. The van der Waals surface area contributed by atoms with Crippen LogP contribution in [0.3, 0.4) is 0 Å². The third-order valence-electron chi connectivity index (χ3n) is 3.78. The highest BCUT2D eigenvalue weighted by atomic mass is 14.9. The number of nitriles is 1. The molecule has 3 nitrogen and oxygen atoms in total. The van der Waals surface area contributed by atoms with Gasteiger partial charge in [0.2, 0.25) is 0 Å². The lowest BCUT2D eigenvalue weighted by Gasteiger charge is -2.18. The molecule has 0 aliphatic rings. The van der Waals surface area contributed by atoms with Gasteiger partial charge in [-0.2, -0.15) is 5.26 Å². The normalized spacial score (nSPS) is 13.7. The van der Waals surface area contributed by atoms with Crippen LogP contribution in [0, 0.1) is 11.3 Å². The van der Waals surface area contributed by atoms with Crippen molar-refractivity contribution in [1.29, 1.82) is 5.26 Å². The van der Waals surface area contributed by atoms with Crippen molar-refractivity contribution in [3.63, 3.8) is 0 Å². The highest BCUT2D eigenvalue weighted by molar-refractivity contribution is 5.83. The van der Waals surface area contributed by atoms with Crippen LogP contribution in [0.15, 0.2) is 60.8 Å². The van der Waals surface area contributed by atoms with Crippen molar-refractivity contribution in [2.45, 2.75) is 19.0 Å². The summed E-state index contributed by atoms with van der Waals surface area (Å²) in [5, 5.41) is 14.0. The summed E-state index contributed by atoms with van der Waals surface area (Å²) in [5.41, 5.74) is 3.23. The molecule has 0 fully saturated rings. The molecule has 0 saturated heterocycles. The van der Waals surface area contributed by atoms with E-state index in [1.165, 1.54) is 5.56 Å². The predicted molar refractivity (Wildman–Crippen MR) is 84.6 cm³/mol. The minimum absolute atomic E-state index is 0.115. The maximum absolute atomic E-state index is 9.53. The molecule has 3 rings (SSSR count). The van der Waals surface area contributed by atoms with Gasteiger partial charge in [0.25, 0.3) is 0 Å². The van der Waals surface area contributed by atoms with Crippen molar-refractivity contribution < 1.29 is 0 Å². The lowest BCUT2D eigenvalue weighted by molar-refractivity contribution is 0.535. The lowest BCUT2D eigenvalue weighted by atomic mass is 10.0. The van der Waals surface area contributed by atoms with E-state index in [0.29, 0.717) is 0 Å². The minimum atomic E-state index is -0.337. The number of aromatic nitrogens is 1. The van der Waals surface area contributed by atoms with Gasteiger partial charge in [-0.1, -0.05) is 48.5 Å². The number of nitrogens with zero attached hydrogens (tertiary/aromatic N) is 1. The maximum Gasteiger partial charge on any atom is 0.123 e. The van der Waals surface area contributed by atoms with Crippen molar-refractivity contribution in [3.8, 4) is 6.07 Å². The van der Waals surface area contributed by atoms with Crippen LogP contribution in [0.5, 0.6) is 0 Å². The molecule has 2 N–H and O–H groups in total. The number of aromatic amines is 1. The standard InChI is InChI=1S/C18H17N3/c1-13(14-7-3-2-4-8-14)21-18(11-19)16-12-20-17-10-6-5-9-15(16)17/h2-10,12-13,18,20-21H,1H3. The van der Waals surface area contributed by atoms with Crippen LogP contribution in [0.2, 0.25) is 0 Å². The van der Waals surface area contributed by atoms with Gasteiger partial charge in [0.1, 0.15) is 6.04 Å². The fourth-order valence-corrected chi connectivity index (χ4v) is 2.62. The van der Waals surface area contributed by atoms with Crippen molar-refractivity contribution in [1.82, 2.24) is 10.3 Å². The predicted octanol–water partition coefficient (Wildman–Crippen LogP) is 4.08. The average molecular weight is 275 g/mol. The quantitative estimate of drug-likeness (QED) is 0.753. The first kappa shape index (κ1) is 13.4. The molecule has 3 heteroatoms. The first-order valence-corrected chi connectivity index (χ1v) is 7.06. The highest BCUT2D eigenvalue weighted by Crippen LogP contribution is 2.26. The highest BCUT2D eigenvalue weighted by Gasteiger charge is 2.17. The van der Waals surface area contributed by atoms with Crippen LogP contribution in [0.4, 0.5) is 0 Å². The molecule has 0 bridgehead atoms. The average Bonchev–Trinajstić information content (AvgIpc) is 2.97. The largest absolute Gasteiger partial charge is 0.361 e. The zero-order valence-electron chi connectivity index (χ0n) is 11.9. The number of hydrogen-bond acceptors (Lipinski definition) is 2. The molecule has 0 saturated carbocycles. The molecule has 0 amide bonds. The molecule has 1 aromatic heterocycles. The monoisotopic (exact) mass is 275 g/mol. The molecule has 2 unspecified atom stereocenters. The smallest absolute Gasteiger partial charge is 0.123 e. The second-order valence-electron chi connectivity index (χ2n) is 5.15. The van der Waals surface area contributed by atoms with Crippen LogP contribution in [0.1, 0.15) is 30.1 Å². The van der Waals surface area contributed by atoms with E-state index in [1.807, 2.05) is 48.7 Å². The summed E-state index contributed by atoms with van der Waals surface area (Å²) in [6, 6.07) is 20.4. The molecule has 2 atom stereocenters. The van der Waals surface area contributed by atoms with Crippen molar-refractivity contribution in [2.24, 2.45) is 0 Å². The Labute approximate surface area is 124 Å². The van der Waals surface area contributed by atoms with Crippen LogP contribution in [0.25, 0.3) is 10.9 Å². The summed E-state index contributed by atoms with van der Waals surface area (Å²) >= 11 is 0. The van der Waals surface area contributed by atoms with Crippen LogP contribution < -0.4 is 5.32 Å². The Kier molecular flexibility index (Phi) is 3.72. The van der Waals surface area contributed by atoms with E-state index in [4.69, 9.17) is 0 Å². The number of fused-ring (bicyclic) bond motifs is 1. The van der Waals surface area contributed by atoms with Gasteiger partial charge in [0.05, 0.1) is 6.07 Å². The van der Waals surface area contributed by atoms with Crippen molar-refractivity contribution >= 4 is 10.9 Å². The zero-order valence-corrected chi connectivity index (χ0v) is 11.9. The van der Waals surface area contributed by atoms with E-state index in [2.05, 4.69) is 35.4 Å². The summed E-state index contributed by atoms with van der Waals surface area (Å²) in [7, 11) is 0. The van der Waals surface area contributed by atoms with Crippen LogP contribution in [-0.4, -0.2) is 4.98 Å². The molecule has 0 aliphatic heterocycles. The number of rotatable bonds is 4. The van der Waals surface area contributed by atoms with Gasteiger partial charge in [-0.05, 0) is 18.6 Å². The first-order valence-electron chi connectivity index (χ1n) is 7.06. The van der Waals surface area contributed by atoms with Crippen molar-refractivity contribution in [3.05, 3.63) is 71.9 Å². The maximum atomic E-state index is 9.53. The van der Waals surface area contributed by atoms with E-state index >= 15 is 0 Å². The lowest BCUT2D eigenvalue weighted by Crippen LogP contribution is -2.23. The Bertz CT molecular complexity index is 768. The molecular weight excluding hydrogens is 258 g/mol. The minimum Gasteiger partial charge on any atom is -0.361 e. The molecule has 0 aliphatic carbocycles. The van der Waals surface area contributed by atoms with Crippen LogP contribution in [-0.2, 0) is 0 Å². The molecular formula is C18H17N3. The van der Waals surface area contributed by atoms with E-state index < -0.39 is 0 Å². The topological polar surface area (TPSA) is 51.6 Å². The molecule has 3 aromatic rings. The first-order chi connectivity index (χ1) is 10.3. The van der Waals surface area contributed by atoms with Gasteiger partial charge in [-0.3, -0.25) is 5.32 Å². The van der Waals surface area contributed by atoms with Gasteiger partial charge in [-0.25, -0.2) is 0 Å². The van der Waals surface area contributed by atoms with Crippen LogP contribution >= 0.6 is 0 Å². The third-order valence-corrected chi connectivity index (χ3v) is 3.78. The number of nitrogens with one attached hydrogen (secondary N) is 2. The van der Waals surface area contributed by atoms with Gasteiger partial charge < -0.3 is 4.98 Å². The summed E-state index contributed by atoms with van der Waals surface area (Å²) in [5.74, 6) is 0. The summed E-state index contributed by atoms with van der Waals surface area (Å²) in [4.78, 5) is 3.22. The number of benzene rings is 2. The molecule has 21 heavy (non-hydrogen) atoms. The number of para-hydroxylation sites is 1. The summed E-state index contributed by atoms with van der Waals surface area (Å²) in [6.07, 6.45) is 1.92. The van der Waals surface area contributed by atoms with E-state index in [0.717, 1.165) is 16.5 Å². The summed E-state index contributed by atoms with van der Waals surface area (Å²) < 4.78 is 0. The molecule has 0 radical (unpaired) electrons. The fraction of sp³-hybridized carbons (Fsp3) is 0.167. The molecule has 0 spiro atoms. The SMILES string of the molecule is CC(NC(C#N)c1c[nH]c2ccccc12)c1ccccc1. The third kappa shape index (κ3) is 2.67.